The summed E-state index contributed by atoms with van der Waals surface area (Å²) in [5, 5.41) is 3.21. The molecule has 17 heavy (non-hydrogen) atoms. The molecule has 3 nitrogen and oxygen atoms in total. The Bertz CT molecular complexity index is 474. The van der Waals surface area contributed by atoms with Crippen molar-refractivity contribution < 1.29 is 0 Å². The summed E-state index contributed by atoms with van der Waals surface area (Å²) < 4.78 is 2.19. The molecule has 0 unspecified atom stereocenters. The molecule has 0 fully saturated rings. The number of imidazole rings is 1. The van der Waals surface area contributed by atoms with Crippen molar-refractivity contribution in [1.82, 2.24) is 14.9 Å². The molecule has 0 aliphatic carbocycles. The van der Waals surface area contributed by atoms with Crippen LogP contribution in [0.15, 0.2) is 36.7 Å². The molecule has 90 valence electrons. The van der Waals surface area contributed by atoms with Crippen molar-refractivity contribution in [1.29, 1.82) is 0 Å². The smallest absolute Gasteiger partial charge is 0.113 e. The summed E-state index contributed by atoms with van der Waals surface area (Å²) >= 11 is 0. The quantitative estimate of drug-likeness (QED) is 0.852. The second-order valence-electron chi connectivity index (χ2n) is 4.11. The predicted octanol–water partition coefficient (Wildman–Crippen LogP) is 2.21. The summed E-state index contributed by atoms with van der Waals surface area (Å²) in [6, 6.07) is 8.53. The van der Waals surface area contributed by atoms with Crippen LogP contribution < -0.4 is 5.32 Å². The lowest BCUT2D eigenvalue weighted by atomic mass is 10.0. The minimum absolute atomic E-state index is 0.901. The van der Waals surface area contributed by atoms with Gasteiger partial charge in [0.2, 0.25) is 0 Å². The van der Waals surface area contributed by atoms with Gasteiger partial charge in [-0.2, -0.15) is 0 Å². The molecule has 3 heteroatoms. The van der Waals surface area contributed by atoms with Gasteiger partial charge in [0.1, 0.15) is 5.82 Å². The Hall–Kier alpha value is -1.61. The van der Waals surface area contributed by atoms with Crippen LogP contribution in [-0.2, 0) is 19.5 Å². The van der Waals surface area contributed by atoms with E-state index in [1.54, 1.807) is 0 Å². The number of benzene rings is 1. The Morgan fingerprint density at radius 1 is 1.24 bits per heavy atom. The number of hydrogen-bond donors (Lipinski definition) is 1. The SMILES string of the molecule is CCn1ccnc1Cc1ccccc1CNC. The second-order valence-corrected chi connectivity index (χ2v) is 4.11. The van der Waals surface area contributed by atoms with Crippen LogP contribution in [0.5, 0.6) is 0 Å². The van der Waals surface area contributed by atoms with Gasteiger partial charge in [0.15, 0.2) is 0 Å². The molecule has 0 spiro atoms. The van der Waals surface area contributed by atoms with Crippen molar-refractivity contribution in [3.63, 3.8) is 0 Å². The van der Waals surface area contributed by atoms with Crippen molar-refractivity contribution in [3.05, 3.63) is 53.6 Å². The van der Waals surface area contributed by atoms with Gasteiger partial charge in [-0.25, -0.2) is 4.98 Å². The van der Waals surface area contributed by atoms with Crippen LogP contribution in [0, 0.1) is 0 Å². The molecule has 0 saturated carbocycles. The van der Waals surface area contributed by atoms with E-state index in [2.05, 4.69) is 46.1 Å². The molecule has 2 aromatic rings. The standard InChI is InChI=1S/C14H19N3/c1-3-17-9-8-16-14(17)10-12-6-4-5-7-13(12)11-15-2/h4-9,15H,3,10-11H2,1-2H3. The van der Waals surface area contributed by atoms with Crippen LogP contribution in [0.25, 0.3) is 0 Å². The first-order valence-electron chi connectivity index (χ1n) is 6.06. The first kappa shape index (κ1) is 11.9. The van der Waals surface area contributed by atoms with E-state index in [-0.39, 0.29) is 0 Å². The monoisotopic (exact) mass is 229 g/mol. The van der Waals surface area contributed by atoms with Crippen molar-refractivity contribution in [2.75, 3.05) is 7.05 Å². The van der Waals surface area contributed by atoms with E-state index in [0.29, 0.717) is 0 Å². The normalized spacial score (nSPS) is 10.7. The Morgan fingerprint density at radius 2 is 2.00 bits per heavy atom. The number of nitrogens with zero attached hydrogens (tertiary/aromatic N) is 2. The molecule has 1 heterocycles. The first-order valence-corrected chi connectivity index (χ1v) is 6.06. The Kier molecular flexibility index (Phi) is 3.94. The molecule has 0 saturated heterocycles. The molecule has 1 N–H and O–H groups in total. The number of rotatable bonds is 5. The highest BCUT2D eigenvalue weighted by molar-refractivity contribution is 5.29. The third kappa shape index (κ3) is 2.74. The van der Waals surface area contributed by atoms with Gasteiger partial charge < -0.3 is 9.88 Å². The molecular formula is C14H19N3. The van der Waals surface area contributed by atoms with Gasteiger partial charge in [-0.1, -0.05) is 24.3 Å². The predicted molar refractivity (Wildman–Crippen MR) is 69.9 cm³/mol. The summed E-state index contributed by atoms with van der Waals surface area (Å²) in [6.07, 6.45) is 4.81. The maximum atomic E-state index is 4.43. The average Bonchev–Trinajstić information content (AvgIpc) is 2.79. The molecule has 0 bridgehead atoms. The zero-order chi connectivity index (χ0) is 12.1. The summed E-state index contributed by atoms with van der Waals surface area (Å²) in [6.45, 7) is 4.03. The van der Waals surface area contributed by atoms with Crippen molar-refractivity contribution in [3.8, 4) is 0 Å². The fourth-order valence-corrected chi connectivity index (χ4v) is 2.06. The van der Waals surface area contributed by atoms with Crippen molar-refractivity contribution in [2.24, 2.45) is 0 Å². The van der Waals surface area contributed by atoms with E-state index in [1.807, 2.05) is 19.4 Å². The topological polar surface area (TPSA) is 29.9 Å². The minimum atomic E-state index is 0.901. The molecule has 0 aliphatic heterocycles. The van der Waals surface area contributed by atoms with Crippen molar-refractivity contribution in [2.45, 2.75) is 26.4 Å². The fourth-order valence-electron chi connectivity index (χ4n) is 2.06. The maximum absolute atomic E-state index is 4.43. The van der Waals surface area contributed by atoms with Crippen LogP contribution in [0.3, 0.4) is 0 Å². The fraction of sp³-hybridized carbons (Fsp3) is 0.357. The number of nitrogens with one attached hydrogen (secondary N) is 1. The van der Waals surface area contributed by atoms with Crippen molar-refractivity contribution >= 4 is 0 Å². The zero-order valence-corrected chi connectivity index (χ0v) is 10.5. The van der Waals surface area contributed by atoms with Crippen LogP contribution in [0.2, 0.25) is 0 Å². The second kappa shape index (κ2) is 5.64. The minimum Gasteiger partial charge on any atom is -0.335 e. The Balaban J connectivity index is 2.23. The van der Waals surface area contributed by atoms with Crippen LogP contribution in [-0.4, -0.2) is 16.6 Å². The molecule has 0 amide bonds. The van der Waals surface area contributed by atoms with Crippen LogP contribution in [0.4, 0.5) is 0 Å². The highest BCUT2D eigenvalue weighted by Crippen LogP contribution is 2.13. The van der Waals surface area contributed by atoms with Crippen LogP contribution in [0.1, 0.15) is 23.9 Å². The van der Waals surface area contributed by atoms with Gasteiger partial charge in [0.05, 0.1) is 0 Å². The van der Waals surface area contributed by atoms with Gasteiger partial charge in [0, 0.05) is 31.9 Å². The highest BCUT2D eigenvalue weighted by Gasteiger charge is 2.06. The van der Waals surface area contributed by atoms with Gasteiger partial charge in [-0.05, 0) is 25.1 Å². The van der Waals surface area contributed by atoms with Crippen LogP contribution >= 0.6 is 0 Å². The Labute approximate surface area is 103 Å². The average molecular weight is 229 g/mol. The Morgan fingerprint density at radius 3 is 2.71 bits per heavy atom. The van der Waals surface area contributed by atoms with E-state index >= 15 is 0 Å². The summed E-state index contributed by atoms with van der Waals surface area (Å²) in [5.74, 6) is 1.14. The van der Waals surface area contributed by atoms with Gasteiger partial charge >= 0.3 is 0 Å². The molecule has 2 rings (SSSR count). The van der Waals surface area contributed by atoms with E-state index in [1.165, 1.54) is 11.1 Å². The molecule has 0 aliphatic rings. The van der Waals surface area contributed by atoms with E-state index < -0.39 is 0 Å². The number of aryl methyl sites for hydroxylation is 1. The lowest BCUT2D eigenvalue weighted by molar-refractivity contribution is 0.708. The summed E-state index contributed by atoms with van der Waals surface area (Å²) in [7, 11) is 1.98. The molecule has 1 aromatic heterocycles. The zero-order valence-electron chi connectivity index (χ0n) is 10.5. The van der Waals surface area contributed by atoms with E-state index in [4.69, 9.17) is 0 Å². The van der Waals surface area contributed by atoms with E-state index in [9.17, 15) is 0 Å². The molecule has 1 aromatic carbocycles. The summed E-state index contributed by atoms with van der Waals surface area (Å²) in [5.41, 5.74) is 2.70. The number of aromatic nitrogens is 2. The third-order valence-electron chi connectivity index (χ3n) is 2.98. The van der Waals surface area contributed by atoms with Gasteiger partial charge in [-0.15, -0.1) is 0 Å². The molecule has 0 atom stereocenters. The third-order valence-corrected chi connectivity index (χ3v) is 2.98. The number of hydrogen-bond acceptors (Lipinski definition) is 2. The highest BCUT2D eigenvalue weighted by atomic mass is 15.0. The maximum Gasteiger partial charge on any atom is 0.113 e. The molecular weight excluding hydrogens is 210 g/mol. The first-order chi connectivity index (χ1) is 8.35. The van der Waals surface area contributed by atoms with Gasteiger partial charge in [-0.3, -0.25) is 0 Å². The lowest BCUT2D eigenvalue weighted by Crippen LogP contribution is -2.09. The summed E-state index contributed by atoms with van der Waals surface area (Å²) in [4.78, 5) is 4.43. The van der Waals surface area contributed by atoms with E-state index in [0.717, 1.165) is 25.3 Å². The molecule has 0 radical (unpaired) electrons. The lowest BCUT2D eigenvalue weighted by Gasteiger charge is -2.10. The van der Waals surface area contributed by atoms with Gasteiger partial charge in [0.25, 0.3) is 0 Å². The largest absolute Gasteiger partial charge is 0.335 e.